The monoisotopic (exact) mass is 930 g/mol. The summed E-state index contributed by atoms with van der Waals surface area (Å²) >= 11 is 12.4. The highest BCUT2D eigenvalue weighted by molar-refractivity contribution is 6.54. The van der Waals surface area contributed by atoms with E-state index in [1.54, 1.807) is 122 Å². The number of methoxy groups -OCH3 is 2. The molecule has 0 bridgehead atoms. The molecule has 0 atom stereocenters. The number of carbonyl (C=O) groups excluding carboxylic acids is 4. The third kappa shape index (κ3) is 7.81. The van der Waals surface area contributed by atoms with Crippen LogP contribution in [0.1, 0.15) is 37.5 Å². The molecule has 67 heavy (non-hydrogen) atoms. The molecular weight excluding hydrogens is 896 g/mol. The zero-order valence-electron chi connectivity index (χ0n) is 35.9. The molecule has 0 saturated carbocycles. The minimum absolute atomic E-state index is 0.00244. The van der Waals surface area contributed by atoms with Crippen LogP contribution in [0.2, 0.25) is 10.0 Å². The lowest BCUT2D eigenvalue weighted by atomic mass is 10.1. The van der Waals surface area contributed by atoms with Crippen molar-refractivity contribution in [3.05, 3.63) is 178 Å². The highest BCUT2D eigenvalue weighted by Crippen LogP contribution is 2.35. The predicted octanol–water partition coefficient (Wildman–Crippen LogP) is 10.7. The fourth-order valence-electron chi connectivity index (χ4n) is 8.19. The fraction of sp³-hybridized carbons (Fsp3) is 0.0980. The van der Waals surface area contributed by atoms with Gasteiger partial charge in [0.1, 0.15) is 22.5 Å². The Balaban J connectivity index is 1.15. The van der Waals surface area contributed by atoms with Crippen molar-refractivity contribution in [3.8, 4) is 11.5 Å². The van der Waals surface area contributed by atoms with Crippen LogP contribution in [0.4, 0.5) is 12.0 Å². The van der Waals surface area contributed by atoms with Crippen LogP contribution in [0.15, 0.2) is 148 Å². The molecule has 0 N–H and O–H groups in total. The molecule has 0 aliphatic heterocycles. The maximum Gasteiger partial charge on any atom is 0.326 e. The molecule has 0 radical (unpaired) electrons. The number of halogens is 2. The number of Topliss-reactive ketones (excluding diaryl/α,β-unsaturated/α-hetero) is 2. The van der Waals surface area contributed by atoms with Gasteiger partial charge < -0.3 is 27.4 Å². The zero-order chi connectivity index (χ0) is 46.5. The maximum atomic E-state index is 15.5. The molecule has 332 valence electrons. The number of anilines is 2. The number of ether oxygens (including phenoxy) is 2. The lowest BCUT2D eigenvalue weighted by Crippen LogP contribution is -2.55. The van der Waals surface area contributed by atoms with Gasteiger partial charge in [-0.05, 0) is 103 Å². The van der Waals surface area contributed by atoms with E-state index >= 15 is 19.2 Å². The molecule has 6 aromatic carbocycles. The van der Waals surface area contributed by atoms with E-state index in [-0.39, 0.29) is 33.3 Å². The summed E-state index contributed by atoms with van der Waals surface area (Å²) in [5, 5.41) is 3.10. The number of oxazole rings is 2. The molecule has 0 aliphatic rings. The van der Waals surface area contributed by atoms with E-state index in [4.69, 9.17) is 41.5 Å². The Morgan fingerprint density at radius 1 is 0.597 bits per heavy atom. The number of hydrogen-bond acceptors (Lipinski definition) is 10. The third-order valence-corrected chi connectivity index (χ3v) is 12.0. The number of para-hydroxylation sites is 4. The van der Waals surface area contributed by atoms with E-state index in [2.05, 4.69) is 9.97 Å². The molecule has 0 spiro atoms. The Bertz CT molecular complexity index is 3530. The standard InChI is InChI=1S/C51H36Cl2N6O8/c1-29-45(37-25-35(65-3)21-23-42(37)57(29)27-31-14-18-33(53)19-15-31)47(61)49(63)59(51-55-40-9-5-7-11-44(40)67-51)58(50-54-39-8-4-6-10-43(39)66-50)48(62)46(60)38-28-56(26-30-12-16-32(52)17-13-30)41-22-20-34(64-2)24-36(38)41/h4-25,28H,26-27H2,1-3H3. The Labute approximate surface area is 391 Å². The van der Waals surface area contributed by atoms with E-state index in [9.17, 15) is 0 Å². The molecule has 0 fully saturated rings. The number of rotatable bonds is 12. The average molecular weight is 932 g/mol. The van der Waals surface area contributed by atoms with Gasteiger partial charge in [-0.3, -0.25) is 19.2 Å². The van der Waals surface area contributed by atoms with Crippen LogP contribution >= 0.6 is 23.2 Å². The number of hydrazine groups is 1. The summed E-state index contributed by atoms with van der Waals surface area (Å²) < 4.78 is 27.2. The summed E-state index contributed by atoms with van der Waals surface area (Å²) in [6.45, 7) is 2.32. The van der Waals surface area contributed by atoms with E-state index in [0.717, 1.165) is 11.1 Å². The normalized spacial score (nSPS) is 11.4. The van der Waals surface area contributed by atoms with Crippen molar-refractivity contribution < 1.29 is 37.5 Å². The number of carbonyl (C=O) groups is 4. The third-order valence-electron chi connectivity index (χ3n) is 11.5. The quantitative estimate of drug-likeness (QED) is 0.0657. The summed E-state index contributed by atoms with van der Waals surface area (Å²) in [4.78, 5) is 70.5. The molecule has 0 aliphatic carbocycles. The minimum atomic E-state index is -1.33. The van der Waals surface area contributed by atoms with Gasteiger partial charge in [0, 0.05) is 56.8 Å². The Morgan fingerprint density at radius 3 is 1.63 bits per heavy atom. The van der Waals surface area contributed by atoms with E-state index < -0.39 is 35.4 Å². The lowest BCUT2D eigenvalue weighted by molar-refractivity contribution is -0.119. The van der Waals surface area contributed by atoms with Gasteiger partial charge in [0.25, 0.3) is 11.6 Å². The Hall–Kier alpha value is -8.20. The highest BCUT2D eigenvalue weighted by atomic mass is 35.5. The molecular formula is C51H36Cl2N6O8. The number of fused-ring (bicyclic) bond motifs is 4. The topological polar surface area (TPSA) is 155 Å². The van der Waals surface area contributed by atoms with Gasteiger partial charge in [-0.2, -0.15) is 20.0 Å². The van der Waals surface area contributed by atoms with E-state index in [1.807, 2.05) is 33.4 Å². The molecule has 4 aromatic heterocycles. The molecule has 16 heteroatoms. The Kier molecular flexibility index (Phi) is 11.0. The van der Waals surface area contributed by atoms with Crippen LogP contribution in [0, 0.1) is 6.92 Å². The van der Waals surface area contributed by atoms with Crippen LogP contribution < -0.4 is 19.5 Å². The van der Waals surface area contributed by atoms with Gasteiger partial charge in [0.15, 0.2) is 11.2 Å². The number of hydrogen-bond donors (Lipinski definition) is 0. The van der Waals surface area contributed by atoms with Gasteiger partial charge in [-0.1, -0.05) is 71.7 Å². The molecule has 14 nitrogen and oxygen atoms in total. The first kappa shape index (κ1) is 42.7. The summed E-state index contributed by atoms with van der Waals surface area (Å²) in [7, 11) is 2.98. The van der Waals surface area contributed by atoms with Gasteiger partial charge >= 0.3 is 23.8 Å². The van der Waals surface area contributed by atoms with Crippen LogP contribution in [0.3, 0.4) is 0 Å². The summed E-state index contributed by atoms with van der Waals surface area (Å²) in [5.74, 6) is -3.96. The zero-order valence-corrected chi connectivity index (χ0v) is 37.4. The fourth-order valence-corrected chi connectivity index (χ4v) is 8.45. The summed E-state index contributed by atoms with van der Waals surface area (Å²) in [6.07, 6.45) is 1.55. The number of aromatic nitrogens is 4. The largest absolute Gasteiger partial charge is 0.497 e. The molecule has 0 unspecified atom stereocenters. The number of nitrogens with zero attached hydrogens (tertiary/aromatic N) is 6. The van der Waals surface area contributed by atoms with Crippen LogP contribution in [-0.2, 0) is 22.7 Å². The molecule has 4 heterocycles. The second-order valence-electron chi connectivity index (χ2n) is 15.6. The number of amides is 2. The van der Waals surface area contributed by atoms with Crippen molar-refractivity contribution >= 4 is 103 Å². The van der Waals surface area contributed by atoms with Crippen molar-refractivity contribution in [2.24, 2.45) is 0 Å². The van der Waals surface area contributed by atoms with Gasteiger partial charge in [-0.15, -0.1) is 0 Å². The molecule has 10 rings (SSSR count). The first-order valence-corrected chi connectivity index (χ1v) is 21.6. The smallest absolute Gasteiger partial charge is 0.326 e. The van der Waals surface area contributed by atoms with Crippen molar-refractivity contribution in [2.45, 2.75) is 20.0 Å². The molecule has 2 amide bonds. The SMILES string of the molecule is COc1ccc2c(c1)c(C(=O)C(=O)N(c1nc3ccccc3o1)N(C(=O)C(=O)c1c(C)n(Cc3ccc(Cl)cc3)c3ccc(OC)cc13)c1nc3ccccc3o1)cn2Cc1ccc(Cl)cc1. The number of ketones is 2. The minimum Gasteiger partial charge on any atom is -0.497 e. The number of benzene rings is 6. The lowest BCUT2D eigenvalue weighted by Gasteiger charge is -2.27. The summed E-state index contributed by atoms with van der Waals surface area (Å²) in [5.41, 5.74) is 4.35. The van der Waals surface area contributed by atoms with Gasteiger partial charge in [0.05, 0.1) is 25.3 Å². The Morgan fingerprint density at radius 2 is 1.09 bits per heavy atom. The van der Waals surface area contributed by atoms with E-state index in [0.29, 0.717) is 72.2 Å². The van der Waals surface area contributed by atoms with Crippen molar-refractivity contribution in [1.29, 1.82) is 0 Å². The molecule has 10 aromatic rings. The van der Waals surface area contributed by atoms with Gasteiger partial charge in [0.2, 0.25) is 0 Å². The van der Waals surface area contributed by atoms with Gasteiger partial charge in [-0.25, -0.2) is 0 Å². The van der Waals surface area contributed by atoms with Crippen molar-refractivity contribution in [3.63, 3.8) is 0 Å². The van der Waals surface area contributed by atoms with Crippen LogP contribution in [-0.4, -0.2) is 56.7 Å². The van der Waals surface area contributed by atoms with Crippen molar-refractivity contribution in [2.75, 3.05) is 24.2 Å². The summed E-state index contributed by atoms with van der Waals surface area (Å²) in [6, 6.07) is 37.1. The second kappa shape index (κ2) is 17.3. The molecule has 0 saturated heterocycles. The average Bonchev–Trinajstić information content (AvgIpc) is 4.13. The predicted molar refractivity (Wildman–Crippen MR) is 254 cm³/mol. The highest BCUT2D eigenvalue weighted by Gasteiger charge is 2.44. The first-order chi connectivity index (χ1) is 32.5. The maximum absolute atomic E-state index is 15.5. The van der Waals surface area contributed by atoms with Crippen LogP contribution in [0.25, 0.3) is 44.0 Å². The van der Waals surface area contributed by atoms with Crippen LogP contribution in [0.5, 0.6) is 11.5 Å². The van der Waals surface area contributed by atoms with Crippen molar-refractivity contribution in [1.82, 2.24) is 19.1 Å². The first-order valence-electron chi connectivity index (χ1n) is 20.8. The second-order valence-corrected chi connectivity index (χ2v) is 16.4. The van der Waals surface area contributed by atoms with E-state index in [1.165, 1.54) is 14.2 Å².